The van der Waals surface area contributed by atoms with Gasteiger partial charge in [0.15, 0.2) is 21.4 Å². The second-order valence-corrected chi connectivity index (χ2v) is 20.8. The molecular weight excluding hydrogens is 763 g/mol. The molecule has 2 aliphatic carbocycles. The maximum absolute atomic E-state index is 15.0. The van der Waals surface area contributed by atoms with Gasteiger partial charge in [-0.25, -0.2) is 13.4 Å². The standard InChI is InChI=1S/C44H53N3O8S2/c1-5-33-39-31(32-21-30(54-4)13-14-34(32)45-33)15-16-43(55-39)23-35-40(50)46-44(38(49)25-57(52,53)42(3)17-18-42)22-29(44)12-10-8-6-7-9-11-28(41(51)47(35)26-43)20-36(48)37-19-27(2)24-56-37/h10,12-14,19,21,24,28-29,35H,5-9,11,15-18,20,22-23,25-26H2,1-4H3,(H,46,50)/b12-10-/t28-,29-,35+,43-,44-/m1/s1. The fourth-order valence-electron chi connectivity index (χ4n) is 9.23. The average Bonchev–Trinajstić information content (AvgIpc) is 4.01. The number of aromatic nitrogens is 1. The molecule has 1 N–H and O–H groups in total. The molecule has 1 aromatic carbocycles. The second-order valence-electron chi connectivity index (χ2n) is 17.4. The van der Waals surface area contributed by atoms with Crippen LogP contribution in [-0.4, -0.2) is 83.0 Å². The molecule has 11 nitrogen and oxygen atoms in total. The van der Waals surface area contributed by atoms with Gasteiger partial charge in [-0.3, -0.25) is 19.2 Å². The number of rotatable bonds is 9. The molecule has 1 spiro atoms. The van der Waals surface area contributed by atoms with Gasteiger partial charge in [0.25, 0.3) is 0 Å². The number of nitrogens with zero attached hydrogens (tertiary/aromatic N) is 2. The summed E-state index contributed by atoms with van der Waals surface area (Å²) in [6, 6.07) is 6.65. The first-order chi connectivity index (χ1) is 27.2. The number of carbonyl (C=O) groups is 4. The quantitative estimate of drug-likeness (QED) is 0.185. The molecule has 1 saturated heterocycles. The molecular formula is C44H53N3O8S2. The Morgan fingerprint density at radius 3 is 2.63 bits per heavy atom. The van der Waals surface area contributed by atoms with Crippen LogP contribution in [0.5, 0.6) is 11.5 Å². The number of allylic oxidation sites excluding steroid dienone is 1. The fourth-order valence-corrected chi connectivity index (χ4v) is 11.8. The number of methoxy groups -OCH3 is 1. The molecule has 2 amide bonds. The van der Waals surface area contributed by atoms with E-state index in [0.29, 0.717) is 61.3 Å². The van der Waals surface area contributed by atoms with E-state index in [1.165, 1.54) is 11.3 Å². The number of hydrogen-bond acceptors (Lipinski definition) is 10. The third-order valence-corrected chi connectivity index (χ3v) is 16.9. The highest BCUT2D eigenvalue weighted by molar-refractivity contribution is 7.93. The maximum atomic E-state index is 15.0. The number of fused-ring (bicyclic) bond motifs is 5. The van der Waals surface area contributed by atoms with Crippen LogP contribution >= 0.6 is 11.3 Å². The fraction of sp³-hybridized carbons (Fsp3) is 0.568. The number of pyridine rings is 1. The number of ketones is 2. The van der Waals surface area contributed by atoms with Gasteiger partial charge in [-0.15, -0.1) is 11.3 Å². The van der Waals surface area contributed by atoms with Crippen molar-refractivity contribution in [2.45, 2.75) is 126 Å². The van der Waals surface area contributed by atoms with Gasteiger partial charge in [0.1, 0.15) is 34.4 Å². The number of thiophene rings is 1. The summed E-state index contributed by atoms with van der Waals surface area (Å²) in [6.45, 7) is 5.77. The Kier molecular flexibility index (Phi) is 10.4. The lowest BCUT2D eigenvalue weighted by molar-refractivity contribution is -0.142. The zero-order chi connectivity index (χ0) is 40.3. The predicted molar refractivity (Wildman–Crippen MR) is 219 cm³/mol. The molecule has 3 aliphatic heterocycles. The zero-order valence-corrected chi connectivity index (χ0v) is 35.0. The van der Waals surface area contributed by atoms with Crippen LogP contribution in [0.3, 0.4) is 0 Å². The largest absolute Gasteiger partial charge is 0.497 e. The highest BCUT2D eigenvalue weighted by Crippen LogP contribution is 2.50. The third kappa shape index (κ3) is 7.43. The van der Waals surface area contributed by atoms with Crippen LogP contribution in [0.4, 0.5) is 0 Å². The Labute approximate surface area is 338 Å². The van der Waals surface area contributed by atoms with Crippen LogP contribution in [0.25, 0.3) is 10.9 Å². The first kappa shape index (κ1) is 39.7. The Hall–Kier alpha value is -4.10. The minimum absolute atomic E-state index is 0.0269. The third-order valence-electron chi connectivity index (χ3n) is 13.3. The van der Waals surface area contributed by atoms with E-state index in [1.807, 2.05) is 55.6 Å². The number of carbonyl (C=O) groups excluding carboxylic acids is 4. The molecule has 8 rings (SSSR count). The lowest BCUT2D eigenvalue weighted by atomic mass is 9.87. The van der Waals surface area contributed by atoms with Crippen LogP contribution in [0.1, 0.15) is 111 Å². The van der Waals surface area contributed by atoms with Crippen LogP contribution in [-0.2, 0) is 37.1 Å². The first-order valence-corrected chi connectivity index (χ1v) is 23.1. The van der Waals surface area contributed by atoms with E-state index in [2.05, 4.69) is 5.32 Å². The molecule has 3 aromatic rings. The SMILES string of the molecule is CCc1nc2ccc(OC)cc2c2c1O[C@]1(CC2)C[C@H]2C(=O)N[C@]3(C(=O)CS(=O)(=O)C4(C)CC4)C[C@H]3/C=C\CCCCC[C@H](CC(=O)c3cc(C)cs3)C(=O)N2C1. The van der Waals surface area contributed by atoms with E-state index in [-0.39, 0.29) is 37.0 Å². The average molecular weight is 816 g/mol. The molecule has 5 heterocycles. The number of ether oxygens (including phenoxy) is 2. The lowest BCUT2D eigenvalue weighted by Crippen LogP contribution is -2.55. The number of nitrogens with one attached hydrogen (secondary N) is 1. The van der Waals surface area contributed by atoms with Gasteiger partial charge in [-0.1, -0.05) is 31.9 Å². The molecule has 0 radical (unpaired) electrons. The molecule has 2 saturated carbocycles. The molecule has 57 heavy (non-hydrogen) atoms. The Morgan fingerprint density at radius 2 is 1.91 bits per heavy atom. The van der Waals surface area contributed by atoms with Crippen molar-refractivity contribution in [3.63, 3.8) is 0 Å². The van der Waals surface area contributed by atoms with Crippen molar-refractivity contribution in [1.29, 1.82) is 0 Å². The Morgan fingerprint density at radius 1 is 1.11 bits per heavy atom. The van der Waals surface area contributed by atoms with E-state index in [9.17, 15) is 27.6 Å². The molecule has 2 aromatic heterocycles. The summed E-state index contributed by atoms with van der Waals surface area (Å²) < 4.78 is 38.4. The van der Waals surface area contributed by atoms with Gasteiger partial charge in [0.05, 0.1) is 34.5 Å². The summed E-state index contributed by atoms with van der Waals surface area (Å²) in [5.41, 5.74) is 1.33. The van der Waals surface area contributed by atoms with E-state index in [1.54, 1.807) is 18.9 Å². The molecule has 5 aliphatic rings. The molecule has 304 valence electrons. The topological polar surface area (TPSA) is 149 Å². The van der Waals surface area contributed by atoms with Crippen LogP contribution in [0.15, 0.2) is 41.8 Å². The van der Waals surface area contributed by atoms with Gasteiger partial charge in [-0.2, -0.15) is 0 Å². The monoisotopic (exact) mass is 815 g/mol. The van der Waals surface area contributed by atoms with Gasteiger partial charge in [-0.05, 0) is 107 Å². The normalized spacial score (nSPS) is 28.9. The summed E-state index contributed by atoms with van der Waals surface area (Å²) in [5, 5.41) is 5.93. The summed E-state index contributed by atoms with van der Waals surface area (Å²) in [5.74, 6) is -1.64. The number of benzene rings is 1. The predicted octanol–water partition coefficient (Wildman–Crippen LogP) is 6.66. The van der Waals surface area contributed by atoms with Crippen LogP contribution < -0.4 is 14.8 Å². The molecule has 0 bridgehead atoms. The summed E-state index contributed by atoms with van der Waals surface area (Å²) >= 11 is 1.38. The van der Waals surface area contributed by atoms with Gasteiger partial charge in [0, 0.05) is 35.6 Å². The van der Waals surface area contributed by atoms with Crippen molar-refractivity contribution in [2.24, 2.45) is 11.8 Å². The van der Waals surface area contributed by atoms with Crippen molar-refractivity contribution < 1.29 is 37.1 Å². The summed E-state index contributed by atoms with van der Waals surface area (Å²) in [7, 11) is -2.10. The van der Waals surface area contributed by atoms with Gasteiger partial charge in [0.2, 0.25) is 11.8 Å². The molecule has 5 atom stereocenters. The van der Waals surface area contributed by atoms with E-state index in [4.69, 9.17) is 14.5 Å². The lowest BCUT2D eigenvalue weighted by Gasteiger charge is -2.37. The summed E-state index contributed by atoms with van der Waals surface area (Å²) in [6.07, 6.45) is 11.0. The van der Waals surface area contributed by atoms with Crippen LogP contribution in [0, 0.1) is 18.8 Å². The van der Waals surface area contributed by atoms with E-state index < -0.39 is 55.1 Å². The molecule has 0 unspecified atom stereocenters. The van der Waals surface area contributed by atoms with Crippen LogP contribution in [0.2, 0.25) is 0 Å². The number of aryl methyl sites for hydroxylation is 3. The van der Waals surface area contributed by atoms with Gasteiger partial charge < -0.3 is 19.7 Å². The molecule has 13 heteroatoms. The zero-order valence-electron chi connectivity index (χ0n) is 33.4. The molecule has 3 fully saturated rings. The minimum atomic E-state index is -3.73. The van der Waals surface area contributed by atoms with E-state index in [0.717, 1.165) is 53.4 Å². The van der Waals surface area contributed by atoms with Crippen molar-refractivity contribution in [3.8, 4) is 11.5 Å². The number of amides is 2. The first-order valence-electron chi connectivity index (χ1n) is 20.5. The highest BCUT2D eigenvalue weighted by Gasteiger charge is 2.63. The van der Waals surface area contributed by atoms with Crippen molar-refractivity contribution in [2.75, 3.05) is 19.4 Å². The maximum Gasteiger partial charge on any atom is 0.243 e. The highest BCUT2D eigenvalue weighted by atomic mass is 32.2. The van der Waals surface area contributed by atoms with E-state index >= 15 is 0 Å². The smallest absolute Gasteiger partial charge is 0.243 e. The van der Waals surface area contributed by atoms with Crippen molar-refractivity contribution in [3.05, 3.63) is 63.5 Å². The minimum Gasteiger partial charge on any atom is -0.497 e. The van der Waals surface area contributed by atoms with Gasteiger partial charge >= 0.3 is 0 Å². The number of Topliss-reactive ketones (excluding diaryl/α,β-unsaturated/α-hetero) is 2. The Balaban J connectivity index is 1.15. The van der Waals surface area contributed by atoms with Crippen molar-refractivity contribution >= 4 is 55.5 Å². The van der Waals surface area contributed by atoms with Crippen molar-refractivity contribution in [1.82, 2.24) is 15.2 Å². The second kappa shape index (κ2) is 14.9. The Bertz CT molecular complexity index is 2280. The summed E-state index contributed by atoms with van der Waals surface area (Å²) in [4.78, 5) is 64.8. The number of sulfone groups is 1. The number of hydrogen-bond donors (Lipinski definition) is 1.